The minimum absolute atomic E-state index is 0.0472. The van der Waals surface area contributed by atoms with Gasteiger partial charge in [0.05, 0.1) is 13.6 Å². The molecule has 0 bridgehead atoms. The van der Waals surface area contributed by atoms with E-state index in [0.29, 0.717) is 6.00 Å². The first-order valence-corrected chi connectivity index (χ1v) is 4.89. The third-order valence-electron chi connectivity index (χ3n) is 2.18. The highest BCUT2D eigenvalue weighted by molar-refractivity contribution is 7.16. The maximum atomic E-state index is 6.97. The predicted molar refractivity (Wildman–Crippen MR) is 51.7 cm³/mol. The zero-order valence-corrected chi connectivity index (χ0v) is 8.11. The van der Waals surface area contributed by atoms with Gasteiger partial charge in [-0.2, -0.15) is 0 Å². The number of rotatable bonds is 3. The van der Waals surface area contributed by atoms with Gasteiger partial charge in [-0.3, -0.25) is 0 Å². The molecule has 1 fully saturated rings. The molecule has 1 aliphatic rings. The van der Waals surface area contributed by atoms with Crippen LogP contribution in [0.15, 0.2) is 0 Å². The monoisotopic (exact) mass is 176 g/mol. The molecule has 1 rings (SSSR count). The van der Waals surface area contributed by atoms with Gasteiger partial charge >= 0.3 is 0 Å². The summed E-state index contributed by atoms with van der Waals surface area (Å²) in [5.74, 6) is 0. The molecule has 2 nitrogen and oxygen atoms in total. The maximum absolute atomic E-state index is 6.97. The zero-order chi connectivity index (χ0) is 8.97. The Morgan fingerprint density at radius 3 is 3.27 bits per heavy atom. The lowest BCUT2D eigenvalue weighted by Gasteiger charge is -2.14. The zero-order valence-electron chi connectivity index (χ0n) is 7.95. The minimum Gasteiger partial charge on any atom is -0.380 e. The van der Waals surface area contributed by atoms with E-state index in [-0.39, 0.29) is 19.3 Å². The number of hydrogen-bond acceptors (Lipinski definition) is 2. The average Bonchev–Trinajstić information content (AvgIpc) is 2.48. The van der Waals surface area contributed by atoms with Gasteiger partial charge in [-0.25, -0.2) is 0 Å². The number of methoxy groups -OCH3 is 1. The first kappa shape index (κ1) is 8.03. The van der Waals surface area contributed by atoms with Gasteiger partial charge < -0.3 is 9.47 Å². The van der Waals surface area contributed by atoms with Crippen LogP contribution in [0.5, 0.6) is 0 Å². The highest BCUT2D eigenvalue weighted by atomic mass is 31.0. The van der Waals surface area contributed by atoms with Crippen LogP contribution < -0.4 is 0 Å². The van der Waals surface area contributed by atoms with Crippen LogP contribution in [-0.2, 0) is 9.47 Å². The van der Waals surface area contributed by atoms with E-state index in [1.165, 1.54) is 0 Å². The first-order valence-electron chi connectivity index (χ1n) is 4.78. The summed E-state index contributed by atoms with van der Waals surface area (Å²) in [6.45, 7) is 2.12. The summed E-state index contributed by atoms with van der Waals surface area (Å²) in [7, 11) is 3.76. The Morgan fingerprint density at radius 2 is 2.73 bits per heavy atom. The summed E-state index contributed by atoms with van der Waals surface area (Å²) in [6.07, 6.45) is 2.19. The standard InChI is InChI=1S/C7H16BO2P/c1-8-7-3-5(9-2)6(4-11)10-7/h5-8H,3-4,11H2,1-2H3/t5?,6-,7-/m1/s1/i2T. The second kappa shape index (κ2) is 4.44. The molecule has 2 unspecified atom stereocenters. The van der Waals surface area contributed by atoms with Gasteiger partial charge in [-0.05, 0) is 12.6 Å². The molecule has 0 aromatic heterocycles. The van der Waals surface area contributed by atoms with E-state index < -0.39 is 0 Å². The van der Waals surface area contributed by atoms with E-state index in [9.17, 15) is 0 Å². The Balaban J connectivity index is 2.39. The van der Waals surface area contributed by atoms with Crippen molar-refractivity contribution in [1.29, 1.82) is 0 Å². The predicted octanol–water partition coefficient (Wildman–Crippen LogP) is 0.476. The molecular weight excluding hydrogens is 158 g/mol. The molecule has 11 heavy (non-hydrogen) atoms. The van der Waals surface area contributed by atoms with Crippen LogP contribution >= 0.6 is 9.24 Å². The van der Waals surface area contributed by atoms with Crippen molar-refractivity contribution in [2.45, 2.75) is 31.5 Å². The fraction of sp³-hybridized carbons (Fsp3) is 1.00. The van der Waals surface area contributed by atoms with Crippen molar-refractivity contribution in [2.75, 3.05) is 13.2 Å². The van der Waals surface area contributed by atoms with Crippen LogP contribution in [0, 0.1) is 0 Å². The number of hydrogen-bond donors (Lipinski definition) is 0. The van der Waals surface area contributed by atoms with Gasteiger partial charge in [0.25, 0.3) is 0 Å². The van der Waals surface area contributed by atoms with Gasteiger partial charge in [0.1, 0.15) is 0 Å². The molecule has 0 spiro atoms. The Kier molecular flexibility index (Phi) is 3.24. The summed E-state index contributed by atoms with van der Waals surface area (Å²) in [5, 5.41) is 0. The molecule has 1 saturated heterocycles. The van der Waals surface area contributed by atoms with Crippen molar-refractivity contribution in [2.24, 2.45) is 0 Å². The molecule has 4 heteroatoms. The topological polar surface area (TPSA) is 18.5 Å². The molecular formula is C7H16BO2P. The minimum atomic E-state index is 0.0472. The Hall–Kier alpha value is 0.415. The third-order valence-corrected chi connectivity index (χ3v) is 2.64. The van der Waals surface area contributed by atoms with Gasteiger partial charge in [0.2, 0.25) is 0 Å². The molecule has 1 aliphatic heterocycles. The lowest BCUT2D eigenvalue weighted by Crippen LogP contribution is -2.24. The van der Waals surface area contributed by atoms with Crippen molar-refractivity contribution in [3.8, 4) is 0 Å². The molecule has 4 atom stereocenters. The molecule has 0 saturated carbocycles. The Bertz CT molecular complexity index is 139. The van der Waals surface area contributed by atoms with Gasteiger partial charge in [-0.15, -0.1) is 9.24 Å². The third kappa shape index (κ3) is 2.17. The van der Waals surface area contributed by atoms with E-state index in [0.717, 1.165) is 19.9 Å². The van der Waals surface area contributed by atoms with Crippen molar-refractivity contribution in [3.05, 3.63) is 0 Å². The van der Waals surface area contributed by atoms with Gasteiger partial charge in [-0.1, -0.05) is 6.82 Å². The van der Waals surface area contributed by atoms with Crippen LogP contribution in [-0.4, -0.2) is 38.7 Å². The maximum Gasteiger partial charge on any atom is 0.154 e. The molecule has 0 radical (unpaired) electrons. The molecule has 0 aromatic carbocycles. The van der Waals surface area contributed by atoms with Crippen molar-refractivity contribution in [1.82, 2.24) is 0 Å². The quantitative estimate of drug-likeness (QED) is 0.459. The normalized spacial score (nSPS) is 38.7. The first-order chi connectivity index (χ1) is 5.81. The van der Waals surface area contributed by atoms with E-state index in [2.05, 4.69) is 16.1 Å². The summed E-state index contributed by atoms with van der Waals surface area (Å²) in [4.78, 5) is 0. The summed E-state index contributed by atoms with van der Waals surface area (Å²) in [5.41, 5.74) is 0. The highest BCUT2D eigenvalue weighted by Gasteiger charge is 2.32. The molecule has 64 valence electrons. The van der Waals surface area contributed by atoms with Gasteiger partial charge in [0.15, 0.2) is 7.28 Å². The van der Waals surface area contributed by atoms with Crippen molar-refractivity contribution in [3.63, 3.8) is 0 Å². The van der Waals surface area contributed by atoms with Crippen LogP contribution in [0.2, 0.25) is 6.82 Å². The fourth-order valence-electron chi connectivity index (χ4n) is 1.45. The van der Waals surface area contributed by atoms with Crippen LogP contribution in [0.25, 0.3) is 0 Å². The summed E-state index contributed by atoms with van der Waals surface area (Å²) >= 11 is 0. The molecule has 0 amide bonds. The van der Waals surface area contributed by atoms with E-state index in [1.807, 2.05) is 0 Å². The van der Waals surface area contributed by atoms with E-state index >= 15 is 0 Å². The molecule has 1 heterocycles. The van der Waals surface area contributed by atoms with E-state index in [1.54, 1.807) is 0 Å². The van der Waals surface area contributed by atoms with Crippen molar-refractivity contribution < 1.29 is 10.8 Å². The molecule has 0 aromatic rings. The number of ether oxygens (including phenoxy) is 2. The van der Waals surface area contributed by atoms with Crippen LogP contribution in [0.4, 0.5) is 0 Å². The summed E-state index contributed by atoms with van der Waals surface area (Å²) in [6, 6.07) is 0.340. The largest absolute Gasteiger partial charge is 0.380 e. The average molecular weight is 176 g/mol. The lowest BCUT2D eigenvalue weighted by atomic mass is 9.73. The molecule has 0 aliphatic carbocycles. The second-order valence-electron chi connectivity index (χ2n) is 2.88. The van der Waals surface area contributed by atoms with E-state index in [4.69, 9.17) is 10.8 Å². The lowest BCUT2D eigenvalue weighted by molar-refractivity contribution is 0.0232. The summed E-state index contributed by atoms with van der Waals surface area (Å²) < 4.78 is 17.9. The van der Waals surface area contributed by atoms with Gasteiger partial charge in [0, 0.05) is 13.1 Å². The smallest absolute Gasteiger partial charge is 0.154 e. The Morgan fingerprint density at radius 1 is 1.91 bits per heavy atom. The Labute approximate surface area is 72.9 Å². The molecule has 0 N–H and O–H groups in total. The fourth-order valence-corrected chi connectivity index (χ4v) is 1.86. The highest BCUT2D eigenvalue weighted by Crippen LogP contribution is 2.23. The van der Waals surface area contributed by atoms with Crippen LogP contribution in [0.3, 0.4) is 0 Å². The van der Waals surface area contributed by atoms with Crippen molar-refractivity contribution >= 4 is 16.5 Å². The second-order valence-corrected chi connectivity index (χ2v) is 3.35. The SMILES string of the molecule is [3H]COC1C[C@H](BC)O[C@@H]1CP. The van der Waals surface area contributed by atoms with Crippen LogP contribution in [0.1, 0.15) is 7.79 Å².